The van der Waals surface area contributed by atoms with Gasteiger partial charge in [0.2, 0.25) is 0 Å². The Balaban J connectivity index is 2.18. The summed E-state index contributed by atoms with van der Waals surface area (Å²) in [4.78, 5) is 0. The number of benzene rings is 1. The van der Waals surface area contributed by atoms with E-state index in [1.54, 1.807) is 0 Å². The fourth-order valence-electron chi connectivity index (χ4n) is 2.27. The molecule has 1 aliphatic rings. The van der Waals surface area contributed by atoms with Crippen LogP contribution in [0.2, 0.25) is 0 Å². The van der Waals surface area contributed by atoms with Crippen molar-refractivity contribution in [2.75, 3.05) is 19.8 Å². The minimum Gasteiger partial charge on any atom is -0.379 e. The molecule has 1 saturated heterocycles. The maximum atomic E-state index is 5.44. The Morgan fingerprint density at radius 1 is 1.31 bits per heavy atom. The number of rotatable bonds is 4. The van der Waals surface area contributed by atoms with E-state index in [0.29, 0.717) is 6.04 Å². The lowest BCUT2D eigenvalue weighted by Gasteiger charge is -2.43. The van der Waals surface area contributed by atoms with Crippen molar-refractivity contribution in [3.8, 4) is 0 Å². The first kappa shape index (κ1) is 11.6. The van der Waals surface area contributed by atoms with E-state index in [2.05, 4.69) is 50.4 Å². The average Bonchev–Trinajstić information content (AvgIpc) is 2.18. The number of aryl methyl sites for hydroxylation is 1. The van der Waals surface area contributed by atoms with Gasteiger partial charge in [-0.15, -0.1) is 0 Å². The van der Waals surface area contributed by atoms with Crippen LogP contribution in [-0.4, -0.2) is 25.8 Å². The van der Waals surface area contributed by atoms with Crippen molar-refractivity contribution >= 4 is 0 Å². The van der Waals surface area contributed by atoms with Crippen LogP contribution in [0.4, 0.5) is 0 Å². The Bertz CT molecular complexity index is 356. The quantitative estimate of drug-likeness (QED) is 0.838. The zero-order chi connectivity index (χ0) is 11.6. The number of hydrogen-bond acceptors (Lipinski definition) is 2. The smallest absolute Gasteiger partial charge is 0.0598 e. The molecule has 1 aromatic carbocycles. The highest BCUT2D eigenvalue weighted by molar-refractivity contribution is 5.35. The summed E-state index contributed by atoms with van der Waals surface area (Å²) in [6, 6.07) is 9.17. The molecule has 0 aliphatic carbocycles. The summed E-state index contributed by atoms with van der Waals surface area (Å²) < 4.78 is 5.44. The first-order valence-electron chi connectivity index (χ1n) is 6.01. The Morgan fingerprint density at radius 2 is 2.00 bits per heavy atom. The number of hydrogen-bond donors (Lipinski definition) is 1. The molecule has 88 valence electrons. The topological polar surface area (TPSA) is 21.3 Å². The molecule has 16 heavy (non-hydrogen) atoms. The molecule has 0 saturated carbocycles. The zero-order valence-corrected chi connectivity index (χ0v) is 10.4. The summed E-state index contributed by atoms with van der Waals surface area (Å²) in [5.41, 5.74) is 3.01. The van der Waals surface area contributed by atoms with Gasteiger partial charge in [0, 0.05) is 12.6 Å². The van der Waals surface area contributed by atoms with E-state index >= 15 is 0 Å². The molecule has 2 rings (SSSR count). The first-order chi connectivity index (χ1) is 7.64. The monoisotopic (exact) mass is 219 g/mol. The molecule has 1 aromatic rings. The molecule has 0 radical (unpaired) electrons. The van der Waals surface area contributed by atoms with Gasteiger partial charge in [0.05, 0.1) is 18.6 Å². The summed E-state index contributed by atoms with van der Waals surface area (Å²) in [5, 5.41) is 3.53. The minimum absolute atomic E-state index is 0.204. The van der Waals surface area contributed by atoms with Gasteiger partial charge in [0.25, 0.3) is 0 Å². The van der Waals surface area contributed by atoms with Gasteiger partial charge in [-0.3, -0.25) is 0 Å². The van der Waals surface area contributed by atoms with Gasteiger partial charge in [0.15, 0.2) is 0 Å². The second kappa shape index (κ2) is 4.56. The van der Waals surface area contributed by atoms with Crippen molar-refractivity contribution in [3.05, 3.63) is 35.4 Å². The third-order valence-electron chi connectivity index (χ3n) is 3.32. The fourth-order valence-corrected chi connectivity index (χ4v) is 2.27. The highest BCUT2D eigenvalue weighted by atomic mass is 16.5. The van der Waals surface area contributed by atoms with E-state index in [0.717, 1.165) is 19.8 Å². The Hall–Kier alpha value is -0.860. The van der Waals surface area contributed by atoms with Gasteiger partial charge in [0.1, 0.15) is 0 Å². The lowest BCUT2D eigenvalue weighted by molar-refractivity contribution is -0.0599. The van der Waals surface area contributed by atoms with Crippen LogP contribution in [0.1, 0.15) is 25.0 Å². The minimum atomic E-state index is 0.204. The number of nitrogens with one attached hydrogen (secondary N) is 1. The standard InChI is InChI=1S/C14H21NO/c1-11(2)15-8-14(9-16-10-14)13-7-5-4-6-12(13)3/h4-7,11,15H,8-10H2,1-3H3. The average molecular weight is 219 g/mol. The second-order valence-electron chi connectivity index (χ2n) is 5.12. The molecule has 0 amide bonds. The van der Waals surface area contributed by atoms with E-state index in [-0.39, 0.29) is 5.41 Å². The van der Waals surface area contributed by atoms with Crippen LogP contribution >= 0.6 is 0 Å². The molecule has 0 atom stereocenters. The third kappa shape index (κ3) is 2.13. The van der Waals surface area contributed by atoms with Crippen molar-refractivity contribution in [3.63, 3.8) is 0 Å². The van der Waals surface area contributed by atoms with Crippen molar-refractivity contribution in [2.45, 2.75) is 32.2 Å². The summed E-state index contributed by atoms with van der Waals surface area (Å²) in [6.45, 7) is 9.26. The molecule has 0 aromatic heterocycles. The van der Waals surface area contributed by atoms with Gasteiger partial charge < -0.3 is 10.1 Å². The summed E-state index contributed by atoms with van der Waals surface area (Å²) in [7, 11) is 0. The Morgan fingerprint density at radius 3 is 2.50 bits per heavy atom. The van der Waals surface area contributed by atoms with Crippen molar-refractivity contribution in [1.82, 2.24) is 5.32 Å². The van der Waals surface area contributed by atoms with Gasteiger partial charge in [-0.2, -0.15) is 0 Å². The van der Waals surface area contributed by atoms with E-state index in [1.165, 1.54) is 11.1 Å². The molecular weight excluding hydrogens is 198 g/mol. The van der Waals surface area contributed by atoms with Crippen LogP contribution in [0.15, 0.2) is 24.3 Å². The summed E-state index contributed by atoms with van der Waals surface area (Å²) in [6.07, 6.45) is 0. The largest absolute Gasteiger partial charge is 0.379 e. The van der Waals surface area contributed by atoms with Gasteiger partial charge >= 0.3 is 0 Å². The maximum absolute atomic E-state index is 5.44. The van der Waals surface area contributed by atoms with E-state index < -0.39 is 0 Å². The second-order valence-corrected chi connectivity index (χ2v) is 5.12. The van der Waals surface area contributed by atoms with Crippen molar-refractivity contribution in [2.24, 2.45) is 0 Å². The van der Waals surface area contributed by atoms with Crippen molar-refractivity contribution < 1.29 is 4.74 Å². The predicted molar refractivity (Wildman–Crippen MR) is 66.8 cm³/mol. The lowest BCUT2D eigenvalue weighted by atomic mass is 9.76. The predicted octanol–water partition coefficient (Wildman–Crippen LogP) is 2.26. The highest BCUT2D eigenvalue weighted by Gasteiger charge is 2.40. The zero-order valence-electron chi connectivity index (χ0n) is 10.4. The van der Waals surface area contributed by atoms with Crippen LogP contribution in [0, 0.1) is 6.92 Å². The van der Waals surface area contributed by atoms with Gasteiger partial charge in [-0.05, 0) is 18.1 Å². The lowest BCUT2D eigenvalue weighted by Crippen LogP contribution is -2.54. The maximum Gasteiger partial charge on any atom is 0.0598 e. The molecule has 1 N–H and O–H groups in total. The Labute approximate surface area is 98.0 Å². The number of ether oxygens (including phenoxy) is 1. The van der Waals surface area contributed by atoms with Crippen molar-refractivity contribution in [1.29, 1.82) is 0 Å². The van der Waals surface area contributed by atoms with Crippen LogP contribution in [0.25, 0.3) is 0 Å². The summed E-state index contributed by atoms with van der Waals surface area (Å²) >= 11 is 0. The van der Waals surface area contributed by atoms with Gasteiger partial charge in [-0.25, -0.2) is 0 Å². The molecule has 1 aliphatic heterocycles. The molecular formula is C14H21NO. The normalized spacial score (nSPS) is 18.5. The molecule has 1 heterocycles. The van der Waals surface area contributed by atoms with Crippen LogP contribution in [0.3, 0.4) is 0 Å². The molecule has 1 fully saturated rings. The molecule has 2 nitrogen and oxygen atoms in total. The SMILES string of the molecule is Cc1ccccc1C1(CNC(C)C)COC1. The fraction of sp³-hybridized carbons (Fsp3) is 0.571. The van der Waals surface area contributed by atoms with E-state index in [1.807, 2.05) is 0 Å². The highest BCUT2D eigenvalue weighted by Crippen LogP contribution is 2.33. The van der Waals surface area contributed by atoms with E-state index in [9.17, 15) is 0 Å². The molecule has 0 spiro atoms. The molecule has 0 unspecified atom stereocenters. The summed E-state index contributed by atoms with van der Waals surface area (Å²) in [5.74, 6) is 0. The Kier molecular flexibility index (Phi) is 3.31. The van der Waals surface area contributed by atoms with Gasteiger partial charge in [-0.1, -0.05) is 38.1 Å². The molecule has 2 heteroatoms. The first-order valence-corrected chi connectivity index (χ1v) is 6.01. The van der Waals surface area contributed by atoms with Crippen LogP contribution in [-0.2, 0) is 10.2 Å². The third-order valence-corrected chi connectivity index (χ3v) is 3.32. The van der Waals surface area contributed by atoms with E-state index in [4.69, 9.17) is 4.74 Å². The van der Waals surface area contributed by atoms with Crippen LogP contribution < -0.4 is 5.32 Å². The molecule has 0 bridgehead atoms. The van der Waals surface area contributed by atoms with Crippen LogP contribution in [0.5, 0.6) is 0 Å².